The van der Waals surface area contributed by atoms with Gasteiger partial charge in [0.2, 0.25) is 5.95 Å². The number of rotatable bonds is 2. The van der Waals surface area contributed by atoms with Crippen molar-refractivity contribution in [1.82, 2.24) is 14.9 Å². The van der Waals surface area contributed by atoms with Gasteiger partial charge in [-0.05, 0) is 31.4 Å². The highest BCUT2D eigenvalue weighted by Gasteiger charge is 2.32. The molecule has 0 aliphatic carbocycles. The van der Waals surface area contributed by atoms with Crippen molar-refractivity contribution < 1.29 is 0 Å². The number of hydrogen-bond acceptors (Lipinski definition) is 5. The van der Waals surface area contributed by atoms with Gasteiger partial charge in [0.1, 0.15) is 0 Å². The number of nitrogens with zero attached hydrogens (tertiary/aromatic N) is 4. The molecule has 98 valence electrons. The highest BCUT2D eigenvalue weighted by Crippen LogP contribution is 2.25. The van der Waals surface area contributed by atoms with Crippen LogP contribution in [0.15, 0.2) is 18.5 Å². The molecule has 1 aromatic heterocycles. The summed E-state index contributed by atoms with van der Waals surface area (Å²) < 4.78 is 0. The Hall–Kier alpha value is -1.20. The van der Waals surface area contributed by atoms with E-state index in [2.05, 4.69) is 19.8 Å². The van der Waals surface area contributed by atoms with E-state index in [0.29, 0.717) is 12.0 Å². The number of hydrogen-bond donors (Lipinski definition) is 1. The fourth-order valence-corrected chi connectivity index (χ4v) is 3.09. The van der Waals surface area contributed by atoms with Crippen molar-refractivity contribution in [3.63, 3.8) is 0 Å². The normalized spacial score (nSPS) is 29.1. The van der Waals surface area contributed by atoms with E-state index in [4.69, 9.17) is 5.73 Å². The van der Waals surface area contributed by atoms with Crippen LogP contribution in [0.1, 0.15) is 12.8 Å². The van der Waals surface area contributed by atoms with Gasteiger partial charge >= 0.3 is 0 Å². The topological polar surface area (TPSA) is 58.3 Å². The van der Waals surface area contributed by atoms with Crippen LogP contribution in [0.25, 0.3) is 0 Å². The maximum absolute atomic E-state index is 5.79. The van der Waals surface area contributed by atoms with Crippen LogP contribution in [-0.2, 0) is 0 Å². The Balaban J connectivity index is 1.65. The number of piperazine rings is 1. The highest BCUT2D eigenvalue weighted by molar-refractivity contribution is 5.30. The van der Waals surface area contributed by atoms with Crippen molar-refractivity contribution in [1.29, 1.82) is 0 Å². The average molecular weight is 247 g/mol. The second kappa shape index (κ2) is 5.20. The van der Waals surface area contributed by atoms with Crippen molar-refractivity contribution in [2.45, 2.75) is 18.9 Å². The molecule has 3 rings (SSSR count). The fraction of sp³-hybridized carbons (Fsp3) is 0.692. The quantitative estimate of drug-likeness (QED) is 0.816. The van der Waals surface area contributed by atoms with Crippen molar-refractivity contribution >= 4 is 5.95 Å². The summed E-state index contributed by atoms with van der Waals surface area (Å²) in [5, 5.41) is 0. The lowest BCUT2D eigenvalue weighted by atomic mass is 9.91. The number of fused-ring (bicyclic) bond motifs is 1. The molecule has 2 atom stereocenters. The number of piperidine rings is 1. The molecule has 5 heteroatoms. The molecule has 5 nitrogen and oxygen atoms in total. The summed E-state index contributed by atoms with van der Waals surface area (Å²) in [6.07, 6.45) is 6.16. The predicted octanol–water partition coefficient (Wildman–Crippen LogP) is 0.336. The molecule has 18 heavy (non-hydrogen) atoms. The van der Waals surface area contributed by atoms with Crippen LogP contribution >= 0.6 is 0 Å². The van der Waals surface area contributed by atoms with E-state index in [1.165, 1.54) is 19.4 Å². The van der Waals surface area contributed by atoms with Gasteiger partial charge in [-0.15, -0.1) is 0 Å². The third kappa shape index (κ3) is 2.33. The first-order chi connectivity index (χ1) is 8.86. The molecule has 0 saturated carbocycles. The summed E-state index contributed by atoms with van der Waals surface area (Å²) in [6.45, 7) is 5.19. The number of aromatic nitrogens is 2. The lowest BCUT2D eigenvalue weighted by molar-refractivity contribution is 0.0979. The van der Waals surface area contributed by atoms with Gasteiger partial charge in [-0.2, -0.15) is 0 Å². The molecule has 0 bridgehead atoms. The van der Waals surface area contributed by atoms with Gasteiger partial charge in [-0.1, -0.05) is 0 Å². The van der Waals surface area contributed by atoms with E-state index in [9.17, 15) is 0 Å². The van der Waals surface area contributed by atoms with Gasteiger partial charge in [-0.3, -0.25) is 4.90 Å². The molecule has 1 aromatic rings. The first kappa shape index (κ1) is 11.9. The minimum absolute atomic E-state index is 0.658. The average Bonchev–Trinajstić information content (AvgIpc) is 2.47. The van der Waals surface area contributed by atoms with Gasteiger partial charge < -0.3 is 10.6 Å². The summed E-state index contributed by atoms with van der Waals surface area (Å²) >= 11 is 0. The zero-order chi connectivity index (χ0) is 12.4. The van der Waals surface area contributed by atoms with Crippen LogP contribution < -0.4 is 10.6 Å². The van der Waals surface area contributed by atoms with Gasteiger partial charge in [0.15, 0.2) is 0 Å². The molecule has 0 amide bonds. The van der Waals surface area contributed by atoms with Gasteiger partial charge in [0.25, 0.3) is 0 Å². The van der Waals surface area contributed by atoms with E-state index in [-0.39, 0.29) is 0 Å². The molecule has 0 spiro atoms. The van der Waals surface area contributed by atoms with Crippen molar-refractivity contribution in [2.75, 3.05) is 37.6 Å². The van der Waals surface area contributed by atoms with Crippen molar-refractivity contribution in [3.05, 3.63) is 18.5 Å². The fourth-order valence-electron chi connectivity index (χ4n) is 3.09. The maximum Gasteiger partial charge on any atom is 0.225 e. The summed E-state index contributed by atoms with van der Waals surface area (Å²) in [6, 6.07) is 2.53. The molecular weight excluding hydrogens is 226 g/mol. The number of anilines is 1. The minimum atomic E-state index is 0.658. The Morgan fingerprint density at radius 3 is 2.78 bits per heavy atom. The highest BCUT2D eigenvalue weighted by atomic mass is 15.3. The SMILES string of the molecule is NCC1CCC2CN(c3ncccn3)CCN2C1. The standard InChI is InChI=1S/C13H21N5/c14-8-11-2-3-12-10-18(7-6-17(12)9-11)13-15-4-1-5-16-13/h1,4-5,11-12H,2-3,6-10,14H2. The van der Waals surface area contributed by atoms with Gasteiger partial charge in [0.05, 0.1) is 0 Å². The van der Waals surface area contributed by atoms with Gasteiger partial charge in [-0.25, -0.2) is 9.97 Å². The zero-order valence-electron chi connectivity index (χ0n) is 10.7. The first-order valence-electron chi connectivity index (χ1n) is 6.83. The second-order valence-electron chi connectivity index (χ2n) is 5.32. The van der Waals surface area contributed by atoms with Crippen LogP contribution in [0.2, 0.25) is 0 Å². The largest absolute Gasteiger partial charge is 0.338 e. The Labute approximate surface area is 108 Å². The zero-order valence-corrected chi connectivity index (χ0v) is 10.7. The second-order valence-corrected chi connectivity index (χ2v) is 5.32. The van der Waals surface area contributed by atoms with E-state index < -0.39 is 0 Å². The molecule has 2 aliphatic rings. The summed E-state index contributed by atoms with van der Waals surface area (Å²) in [5.74, 6) is 1.57. The smallest absolute Gasteiger partial charge is 0.225 e. The van der Waals surface area contributed by atoms with Crippen molar-refractivity contribution in [2.24, 2.45) is 11.7 Å². The maximum atomic E-state index is 5.79. The Morgan fingerprint density at radius 2 is 2.00 bits per heavy atom. The molecule has 2 aliphatic heterocycles. The van der Waals surface area contributed by atoms with E-state index >= 15 is 0 Å². The molecule has 2 fully saturated rings. The number of nitrogens with two attached hydrogens (primary N) is 1. The lowest BCUT2D eigenvalue weighted by Gasteiger charge is -2.46. The molecule has 2 unspecified atom stereocenters. The predicted molar refractivity (Wildman–Crippen MR) is 71.4 cm³/mol. The third-order valence-corrected chi connectivity index (χ3v) is 4.17. The summed E-state index contributed by atoms with van der Waals surface area (Å²) in [7, 11) is 0. The monoisotopic (exact) mass is 247 g/mol. The Morgan fingerprint density at radius 1 is 1.17 bits per heavy atom. The molecule has 0 aromatic carbocycles. The molecule has 0 radical (unpaired) electrons. The van der Waals surface area contributed by atoms with Crippen LogP contribution in [0.4, 0.5) is 5.95 Å². The third-order valence-electron chi connectivity index (χ3n) is 4.17. The Kier molecular flexibility index (Phi) is 3.43. The molecule has 2 N–H and O–H groups in total. The van der Waals surface area contributed by atoms with Crippen LogP contribution in [0.3, 0.4) is 0 Å². The van der Waals surface area contributed by atoms with E-state index in [1.54, 1.807) is 0 Å². The first-order valence-corrected chi connectivity index (χ1v) is 6.83. The summed E-state index contributed by atoms with van der Waals surface area (Å²) in [4.78, 5) is 13.6. The van der Waals surface area contributed by atoms with E-state index in [1.807, 2.05) is 18.5 Å². The summed E-state index contributed by atoms with van der Waals surface area (Å²) in [5.41, 5.74) is 5.79. The van der Waals surface area contributed by atoms with Crippen LogP contribution in [-0.4, -0.2) is 53.6 Å². The lowest BCUT2D eigenvalue weighted by Crippen LogP contribution is -2.57. The molecule has 3 heterocycles. The van der Waals surface area contributed by atoms with Gasteiger partial charge in [0, 0.05) is 44.6 Å². The molecular formula is C13H21N5. The molecule has 2 saturated heterocycles. The van der Waals surface area contributed by atoms with Crippen LogP contribution in [0, 0.1) is 5.92 Å². The van der Waals surface area contributed by atoms with Crippen LogP contribution in [0.5, 0.6) is 0 Å². The Bertz CT molecular complexity index is 382. The van der Waals surface area contributed by atoms with E-state index in [0.717, 1.165) is 32.1 Å². The van der Waals surface area contributed by atoms with Crippen molar-refractivity contribution in [3.8, 4) is 0 Å². The minimum Gasteiger partial charge on any atom is -0.338 e.